The summed E-state index contributed by atoms with van der Waals surface area (Å²) in [5, 5.41) is 9.53. The van der Waals surface area contributed by atoms with E-state index in [4.69, 9.17) is 20.9 Å². The number of carbonyl (C=O) groups is 1. The molecule has 4 rings (SSSR count). The van der Waals surface area contributed by atoms with Crippen LogP contribution in [0.15, 0.2) is 57.3 Å². The van der Waals surface area contributed by atoms with Crippen LogP contribution in [0.25, 0.3) is 11.3 Å². The van der Waals surface area contributed by atoms with E-state index in [0.717, 1.165) is 16.2 Å². The molecule has 0 fully saturated rings. The quantitative estimate of drug-likeness (QED) is 0.344. The van der Waals surface area contributed by atoms with Crippen molar-refractivity contribution in [3.63, 3.8) is 0 Å². The molecule has 2 heterocycles. The molecule has 158 valence electrons. The Labute approximate surface area is 191 Å². The van der Waals surface area contributed by atoms with Gasteiger partial charge in [0.25, 0.3) is 5.91 Å². The van der Waals surface area contributed by atoms with Gasteiger partial charge < -0.3 is 9.26 Å². The van der Waals surface area contributed by atoms with Gasteiger partial charge >= 0.3 is 0 Å². The molecule has 4 aromatic rings. The van der Waals surface area contributed by atoms with Crippen molar-refractivity contribution in [1.82, 2.24) is 15.1 Å². The van der Waals surface area contributed by atoms with E-state index in [1.165, 1.54) is 23.1 Å². The van der Waals surface area contributed by atoms with Gasteiger partial charge in [-0.05, 0) is 37.3 Å². The fourth-order valence-corrected chi connectivity index (χ4v) is 4.63. The third kappa shape index (κ3) is 5.07. The largest absolute Gasteiger partial charge is 0.495 e. The summed E-state index contributed by atoms with van der Waals surface area (Å²) in [6.07, 6.45) is 0. The molecule has 0 saturated carbocycles. The Morgan fingerprint density at radius 2 is 2.10 bits per heavy atom. The molecule has 0 radical (unpaired) electrons. The third-order valence-corrected chi connectivity index (χ3v) is 6.34. The summed E-state index contributed by atoms with van der Waals surface area (Å²) in [7, 11) is 1.57. The average molecular weight is 473 g/mol. The first kappa shape index (κ1) is 21.4. The highest BCUT2D eigenvalue weighted by Crippen LogP contribution is 2.32. The van der Waals surface area contributed by atoms with Gasteiger partial charge in [0.2, 0.25) is 5.89 Å². The molecule has 1 N–H and O–H groups in total. The molecule has 0 aliphatic heterocycles. The molecule has 31 heavy (non-hydrogen) atoms. The predicted octanol–water partition coefficient (Wildman–Crippen LogP) is 5.71. The van der Waals surface area contributed by atoms with Crippen molar-refractivity contribution in [2.24, 2.45) is 0 Å². The van der Waals surface area contributed by atoms with Crippen LogP contribution < -0.4 is 10.1 Å². The summed E-state index contributed by atoms with van der Waals surface area (Å²) in [4.78, 5) is 22.4. The highest BCUT2D eigenvalue weighted by molar-refractivity contribution is 7.98. The van der Waals surface area contributed by atoms with E-state index < -0.39 is 0 Å². The fraction of sp³-hybridized carbons (Fsp3) is 0.143. The van der Waals surface area contributed by atoms with Crippen LogP contribution >= 0.6 is 34.7 Å². The number of aryl methyl sites for hydroxylation is 1. The number of thioether (sulfide) groups is 1. The maximum absolute atomic E-state index is 12.9. The molecule has 0 atom stereocenters. The monoisotopic (exact) mass is 472 g/mol. The van der Waals surface area contributed by atoms with Crippen LogP contribution in [-0.4, -0.2) is 28.1 Å². The van der Waals surface area contributed by atoms with Crippen molar-refractivity contribution in [1.29, 1.82) is 0 Å². The van der Waals surface area contributed by atoms with Crippen molar-refractivity contribution in [2.45, 2.75) is 17.6 Å². The number of thiazole rings is 1. The van der Waals surface area contributed by atoms with E-state index in [0.29, 0.717) is 38.9 Å². The predicted molar refractivity (Wildman–Crippen MR) is 122 cm³/mol. The number of methoxy groups -OCH3 is 1. The van der Waals surface area contributed by atoms with Crippen LogP contribution in [0.1, 0.15) is 22.1 Å². The molecular formula is C21H17ClN4O3S2. The number of aromatic nitrogens is 3. The maximum atomic E-state index is 12.9. The Morgan fingerprint density at radius 1 is 1.26 bits per heavy atom. The maximum Gasteiger partial charge on any atom is 0.258 e. The molecule has 0 aliphatic carbocycles. The van der Waals surface area contributed by atoms with E-state index in [-0.39, 0.29) is 5.91 Å². The van der Waals surface area contributed by atoms with Gasteiger partial charge in [0, 0.05) is 15.8 Å². The van der Waals surface area contributed by atoms with Crippen molar-refractivity contribution in [3.8, 4) is 17.0 Å². The van der Waals surface area contributed by atoms with Gasteiger partial charge in [-0.1, -0.05) is 28.9 Å². The Bertz CT molecular complexity index is 1220. The van der Waals surface area contributed by atoms with Gasteiger partial charge in [-0.15, -0.1) is 23.1 Å². The Balaban J connectivity index is 1.47. The third-order valence-electron chi connectivity index (χ3n) is 4.22. The zero-order valence-corrected chi connectivity index (χ0v) is 19.0. The van der Waals surface area contributed by atoms with E-state index in [1.807, 2.05) is 29.6 Å². The van der Waals surface area contributed by atoms with Crippen LogP contribution in [-0.2, 0) is 5.75 Å². The highest BCUT2D eigenvalue weighted by Gasteiger charge is 2.15. The second-order valence-electron chi connectivity index (χ2n) is 6.36. The van der Waals surface area contributed by atoms with Gasteiger partial charge in [0.1, 0.15) is 5.75 Å². The van der Waals surface area contributed by atoms with Crippen molar-refractivity contribution in [2.75, 3.05) is 12.4 Å². The summed E-state index contributed by atoms with van der Waals surface area (Å²) in [6, 6.07) is 12.8. The molecule has 0 spiro atoms. The van der Waals surface area contributed by atoms with Crippen molar-refractivity contribution >= 4 is 45.7 Å². The number of halogens is 1. The van der Waals surface area contributed by atoms with E-state index in [9.17, 15) is 4.79 Å². The van der Waals surface area contributed by atoms with Crippen LogP contribution in [0.2, 0.25) is 5.02 Å². The molecule has 0 aliphatic rings. The van der Waals surface area contributed by atoms with Crippen LogP contribution in [0, 0.1) is 6.92 Å². The first-order chi connectivity index (χ1) is 15.0. The lowest BCUT2D eigenvalue weighted by Gasteiger charge is -2.07. The molecule has 0 bridgehead atoms. The zero-order valence-electron chi connectivity index (χ0n) is 16.6. The summed E-state index contributed by atoms with van der Waals surface area (Å²) in [6.45, 7) is 1.77. The number of hydrogen-bond acceptors (Lipinski definition) is 8. The van der Waals surface area contributed by atoms with E-state index >= 15 is 0 Å². The topological polar surface area (TPSA) is 90.1 Å². The molecular weight excluding hydrogens is 456 g/mol. The fourth-order valence-electron chi connectivity index (χ4n) is 2.77. The minimum absolute atomic E-state index is 0.238. The minimum Gasteiger partial charge on any atom is -0.495 e. The van der Waals surface area contributed by atoms with E-state index in [1.54, 1.807) is 32.2 Å². The lowest BCUT2D eigenvalue weighted by Crippen LogP contribution is -2.12. The second kappa shape index (κ2) is 9.51. The number of ether oxygens (including phenoxy) is 1. The van der Waals surface area contributed by atoms with Crippen molar-refractivity contribution < 1.29 is 14.1 Å². The van der Waals surface area contributed by atoms with Crippen LogP contribution in [0.5, 0.6) is 5.75 Å². The second-order valence-corrected chi connectivity index (χ2v) is 8.64. The summed E-state index contributed by atoms with van der Waals surface area (Å²) < 4.78 is 10.3. The van der Waals surface area contributed by atoms with Gasteiger partial charge in [-0.2, -0.15) is 4.98 Å². The van der Waals surface area contributed by atoms with Gasteiger partial charge in [-0.25, -0.2) is 4.98 Å². The SMILES string of the molecule is COc1ccc(-c2csc(NC(=O)c3ccccc3SCc3nc(C)no3)n2)cc1Cl. The summed E-state index contributed by atoms with van der Waals surface area (Å²) >= 11 is 9.01. The molecule has 2 aromatic heterocycles. The number of carbonyl (C=O) groups excluding carboxylic acids is 1. The first-order valence-electron chi connectivity index (χ1n) is 9.15. The molecule has 0 saturated heterocycles. The van der Waals surface area contributed by atoms with Gasteiger partial charge in [0.05, 0.1) is 29.1 Å². The van der Waals surface area contributed by atoms with Gasteiger partial charge in [0.15, 0.2) is 11.0 Å². The molecule has 0 unspecified atom stereocenters. The Kier molecular flexibility index (Phi) is 6.55. The number of anilines is 1. The number of rotatable bonds is 7. The Morgan fingerprint density at radius 3 is 2.84 bits per heavy atom. The van der Waals surface area contributed by atoms with Crippen LogP contribution in [0.3, 0.4) is 0 Å². The number of amides is 1. The standard InChI is InChI=1S/C21H17ClN4O3S2/c1-12-23-19(29-26-12)11-30-18-6-4-3-5-14(18)20(27)25-21-24-16(10-31-21)13-7-8-17(28-2)15(22)9-13/h3-10H,11H2,1-2H3,(H,24,25,27). The molecule has 2 aromatic carbocycles. The first-order valence-corrected chi connectivity index (χ1v) is 11.4. The zero-order chi connectivity index (χ0) is 21.8. The minimum atomic E-state index is -0.238. The Hall–Kier alpha value is -2.88. The number of hydrogen-bond donors (Lipinski definition) is 1. The molecule has 1 amide bonds. The van der Waals surface area contributed by atoms with Gasteiger partial charge in [-0.3, -0.25) is 10.1 Å². The summed E-state index contributed by atoms with van der Waals surface area (Å²) in [5.41, 5.74) is 2.11. The van der Waals surface area contributed by atoms with Crippen LogP contribution in [0.4, 0.5) is 5.13 Å². The number of nitrogens with one attached hydrogen (secondary N) is 1. The summed E-state index contributed by atoms with van der Waals surface area (Å²) in [5.74, 6) is 1.93. The molecule has 10 heteroatoms. The smallest absolute Gasteiger partial charge is 0.258 e. The van der Waals surface area contributed by atoms with Crippen molar-refractivity contribution in [3.05, 3.63) is 70.1 Å². The lowest BCUT2D eigenvalue weighted by atomic mass is 10.2. The normalized spacial score (nSPS) is 10.8. The number of nitrogens with zero attached hydrogens (tertiary/aromatic N) is 3. The lowest BCUT2D eigenvalue weighted by molar-refractivity contribution is 0.102. The van der Waals surface area contributed by atoms with E-state index in [2.05, 4.69) is 20.4 Å². The molecule has 7 nitrogen and oxygen atoms in total. The average Bonchev–Trinajstić information content (AvgIpc) is 3.41. The number of benzene rings is 2. The highest BCUT2D eigenvalue weighted by atomic mass is 35.5.